The largest absolute Gasteiger partial charge is 0.383 e. The Labute approximate surface area is 73.0 Å². The molecule has 0 spiro atoms. The van der Waals surface area contributed by atoms with Crippen molar-refractivity contribution in [2.24, 2.45) is 0 Å². The van der Waals surface area contributed by atoms with Gasteiger partial charge in [0.25, 0.3) is 0 Å². The Balaban J connectivity index is 2.40. The van der Waals surface area contributed by atoms with E-state index < -0.39 is 0 Å². The predicted octanol–water partition coefficient (Wildman–Crippen LogP) is 1.68. The van der Waals surface area contributed by atoms with Crippen LogP contribution in [0.25, 0.3) is 0 Å². The van der Waals surface area contributed by atoms with Gasteiger partial charge in [0, 0.05) is 12.2 Å². The van der Waals surface area contributed by atoms with Crippen molar-refractivity contribution in [3.8, 4) is 0 Å². The maximum absolute atomic E-state index is 3.38. The van der Waals surface area contributed by atoms with Crippen LogP contribution < -0.4 is 10.6 Å². The van der Waals surface area contributed by atoms with Crippen LogP contribution in [0.1, 0.15) is 17.2 Å². The Morgan fingerprint density at radius 2 is 2.33 bits per heavy atom. The fraction of sp³-hybridized carbons (Fsp3) is 0.400. The van der Waals surface area contributed by atoms with Crippen LogP contribution in [0.4, 0.5) is 5.69 Å². The molecule has 2 N–H and O–H groups in total. The molecular formula is C10H14N2. The van der Waals surface area contributed by atoms with Crippen LogP contribution in [0, 0.1) is 6.92 Å². The number of aryl methyl sites for hydroxylation is 1. The lowest BCUT2D eigenvalue weighted by molar-refractivity contribution is 0.648. The van der Waals surface area contributed by atoms with Gasteiger partial charge < -0.3 is 10.6 Å². The average molecular weight is 162 g/mol. The van der Waals surface area contributed by atoms with Crippen molar-refractivity contribution in [3.05, 3.63) is 29.3 Å². The molecule has 64 valence electrons. The molecule has 2 heteroatoms. The van der Waals surface area contributed by atoms with Crippen LogP contribution >= 0.6 is 0 Å². The summed E-state index contributed by atoms with van der Waals surface area (Å²) in [5.74, 6) is 0. The highest BCUT2D eigenvalue weighted by Crippen LogP contribution is 2.29. The molecule has 2 nitrogen and oxygen atoms in total. The van der Waals surface area contributed by atoms with E-state index >= 15 is 0 Å². The maximum Gasteiger partial charge on any atom is 0.0513 e. The third-order valence-electron chi connectivity index (χ3n) is 2.43. The van der Waals surface area contributed by atoms with Crippen molar-refractivity contribution in [2.45, 2.75) is 13.0 Å². The summed E-state index contributed by atoms with van der Waals surface area (Å²) in [4.78, 5) is 0. The zero-order chi connectivity index (χ0) is 8.55. The van der Waals surface area contributed by atoms with Gasteiger partial charge in [-0.1, -0.05) is 12.1 Å². The quantitative estimate of drug-likeness (QED) is 0.656. The van der Waals surface area contributed by atoms with Crippen LogP contribution in [-0.4, -0.2) is 13.6 Å². The predicted molar refractivity (Wildman–Crippen MR) is 51.5 cm³/mol. The molecule has 2 rings (SSSR count). The highest BCUT2D eigenvalue weighted by molar-refractivity contribution is 5.58. The van der Waals surface area contributed by atoms with Gasteiger partial charge in [0.05, 0.1) is 6.04 Å². The van der Waals surface area contributed by atoms with Gasteiger partial charge in [-0.3, -0.25) is 0 Å². The van der Waals surface area contributed by atoms with Crippen molar-refractivity contribution in [2.75, 3.05) is 18.9 Å². The lowest BCUT2D eigenvalue weighted by Crippen LogP contribution is -2.17. The first-order valence-electron chi connectivity index (χ1n) is 4.33. The molecule has 1 aliphatic rings. The van der Waals surface area contributed by atoms with E-state index in [-0.39, 0.29) is 0 Å². The molecule has 0 aliphatic carbocycles. The minimum absolute atomic E-state index is 0.487. The summed E-state index contributed by atoms with van der Waals surface area (Å²) in [6.07, 6.45) is 0. The van der Waals surface area contributed by atoms with E-state index in [0.29, 0.717) is 6.04 Å². The second-order valence-corrected chi connectivity index (χ2v) is 3.31. The molecule has 0 saturated carbocycles. The van der Waals surface area contributed by atoms with E-state index in [1.165, 1.54) is 16.8 Å². The average Bonchev–Trinajstić information content (AvgIpc) is 2.46. The SMILES string of the molecule is CNC1CNc2cc(C)ccc21. The summed E-state index contributed by atoms with van der Waals surface area (Å²) < 4.78 is 0. The van der Waals surface area contributed by atoms with E-state index in [1.54, 1.807) is 0 Å². The molecule has 1 atom stereocenters. The fourth-order valence-electron chi connectivity index (χ4n) is 1.71. The van der Waals surface area contributed by atoms with E-state index in [2.05, 4.69) is 35.8 Å². The van der Waals surface area contributed by atoms with E-state index in [9.17, 15) is 0 Å². The lowest BCUT2D eigenvalue weighted by Gasteiger charge is -2.07. The van der Waals surface area contributed by atoms with Crippen LogP contribution in [0.15, 0.2) is 18.2 Å². The van der Waals surface area contributed by atoms with Gasteiger partial charge in [0.1, 0.15) is 0 Å². The number of rotatable bonds is 1. The Morgan fingerprint density at radius 3 is 3.08 bits per heavy atom. The van der Waals surface area contributed by atoms with Crippen molar-refractivity contribution in [3.63, 3.8) is 0 Å². The highest BCUT2D eigenvalue weighted by atomic mass is 15.0. The van der Waals surface area contributed by atoms with Crippen LogP contribution in [-0.2, 0) is 0 Å². The van der Waals surface area contributed by atoms with E-state index in [1.807, 2.05) is 7.05 Å². The third kappa shape index (κ3) is 1.08. The minimum Gasteiger partial charge on any atom is -0.383 e. The first-order chi connectivity index (χ1) is 5.81. The summed E-state index contributed by atoms with van der Waals surface area (Å²) in [6.45, 7) is 3.13. The number of hydrogen-bond acceptors (Lipinski definition) is 2. The van der Waals surface area contributed by atoms with E-state index in [0.717, 1.165) is 6.54 Å². The molecule has 1 heterocycles. The molecule has 1 aromatic carbocycles. The van der Waals surface area contributed by atoms with Crippen LogP contribution in [0.2, 0.25) is 0 Å². The second-order valence-electron chi connectivity index (χ2n) is 3.31. The van der Waals surface area contributed by atoms with Gasteiger partial charge in [-0.2, -0.15) is 0 Å². The number of benzene rings is 1. The Hall–Kier alpha value is -1.02. The van der Waals surface area contributed by atoms with E-state index in [4.69, 9.17) is 0 Å². The molecule has 1 aliphatic heterocycles. The molecule has 12 heavy (non-hydrogen) atoms. The molecular weight excluding hydrogens is 148 g/mol. The molecule has 0 amide bonds. The summed E-state index contributed by atoms with van der Waals surface area (Å²) in [5.41, 5.74) is 4.00. The monoisotopic (exact) mass is 162 g/mol. The smallest absolute Gasteiger partial charge is 0.0513 e. The first kappa shape index (κ1) is 7.62. The molecule has 0 aromatic heterocycles. The van der Waals surface area contributed by atoms with Gasteiger partial charge in [0.2, 0.25) is 0 Å². The Kier molecular flexibility index (Phi) is 1.77. The highest BCUT2D eigenvalue weighted by Gasteiger charge is 2.19. The third-order valence-corrected chi connectivity index (χ3v) is 2.43. The molecule has 0 saturated heterocycles. The number of likely N-dealkylation sites (N-methyl/N-ethyl adjacent to an activating group) is 1. The summed E-state index contributed by atoms with van der Waals surface area (Å²) in [7, 11) is 2.00. The van der Waals surface area contributed by atoms with Crippen molar-refractivity contribution >= 4 is 5.69 Å². The molecule has 0 fully saturated rings. The fourth-order valence-corrected chi connectivity index (χ4v) is 1.71. The van der Waals surface area contributed by atoms with Gasteiger partial charge in [-0.05, 0) is 31.2 Å². The summed E-state index contributed by atoms with van der Waals surface area (Å²) in [6, 6.07) is 7.05. The zero-order valence-corrected chi connectivity index (χ0v) is 7.52. The van der Waals surface area contributed by atoms with Gasteiger partial charge >= 0.3 is 0 Å². The number of fused-ring (bicyclic) bond motifs is 1. The van der Waals surface area contributed by atoms with Gasteiger partial charge in [0.15, 0.2) is 0 Å². The second kappa shape index (κ2) is 2.79. The molecule has 1 aromatic rings. The first-order valence-corrected chi connectivity index (χ1v) is 4.33. The molecule has 1 unspecified atom stereocenters. The number of hydrogen-bond donors (Lipinski definition) is 2. The maximum atomic E-state index is 3.38. The molecule has 0 bridgehead atoms. The summed E-state index contributed by atoms with van der Waals surface area (Å²) in [5, 5.41) is 6.66. The summed E-state index contributed by atoms with van der Waals surface area (Å²) >= 11 is 0. The van der Waals surface area contributed by atoms with Crippen LogP contribution in [0.3, 0.4) is 0 Å². The number of nitrogens with one attached hydrogen (secondary N) is 2. The lowest BCUT2D eigenvalue weighted by atomic mass is 10.1. The van der Waals surface area contributed by atoms with Crippen LogP contribution in [0.5, 0.6) is 0 Å². The standard InChI is InChI=1S/C10H14N2/c1-7-3-4-8-9(5-7)12-6-10(8)11-2/h3-5,10-12H,6H2,1-2H3. The minimum atomic E-state index is 0.487. The Morgan fingerprint density at radius 1 is 1.50 bits per heavy atom. The topological polar surface area (TPSA) is 24.1 Å². The van der Waals surface area contributed by atoms with Crippen molar-refractivity contribution < 1.29 is 0 Å². The van der Waals surface area contributed by atoms with Crippen molar-refractivity contribution in [1.82, 2.24) is 5.32 Å². The van der Waals surface area contributed by atoms with Crippen molar-refractivity contribution in [1.29, 1.82) is 0 Å². The Bertz CT molecular complexity index is 294. The van der Waals surface area contributed by atoms with Gasteiger partial charge in [-0.15, -0.1) is 0 Å². The normalized spacial score (nSPS) is 20.3. The van der Waals surface area contributed by atoms with Gasteiger partial charge in [-0.25, -0.2) is 0 Å². The molecule has 0 radical (unpaired) electrons. The zero-order valence-electron chi connectivity index (χ0n) is 7.52. The number of anilines is 1.